The number of aromatic nitrogens is 2. The van der Waals surface area contributed by atoms with Crippen LogP contribution in [0.1, 0.15) is 11.1 Å². The molecule has 0 atom stereocenters. The summed E-state index contributed by atoms with van der Waals surface area (Å²) in [4.78, 5) is 6.31. The van der Waals surface area contributed by atoms with Gasteiger partial charge in [-0.3, -0.25) is 4.90 Å². The van der Waals surface area contributed by atoms with E-state index in [4.69, 9.17) is 5.14 Å². The Labute approximate surface area is 136 Å². The van der Waals surface area contributed by atoms with Gasteiger partial charge in [0.15, 0.2) is 0 Å². The Bertz CT molecular complexity index is 765. The van der Waals surface area contributed by atoms with Crippen LogP contribution in [-0.4, -0.2) is 53.4 Å². The predicted octanol–water partition coefficient (Wildman–Crippen LogP) is 0.502. The van der Waals surface area contributed by atoms with Gasteiger partial charge in [-0.2, -0.15) is 12.7 Å². The van der Waals surface area contributed by atoms with E-state index in [1.807, 2.05) is 10.8 Å². The Morgan fingerprint density at radius 3 is 2.52 bits per heavy atom. The molecule has 2 heterocycles. The number of piperazine rings is 1. The van der Waals surface area contributed by atoms with Crippen molar-refractivity contribution in [3.05, 3.63) is 48.0 Å². The molecule has 1 saturated heterocycles. The second-order valence-electron chi connectivity index (χ2n) is 5.80. The van der Waals surface area contributed by atoms with Gasteiger partial charge >= 0.3 is 0 Å². The van der Waals surface area contributed by atoms with Crippen LogP contribution in [0.15, 0.2) is 36.9 Å². The summed E-state index contributed by atoms with van der Waals surface area (Å²) in [5.74, 6) is 0. The molecule has 124 valence electrons. The van der Waals surface area contributed by atoms with E-state index in [0.29, 0.717) is 26.2 Å². The van der Waals surface area contributed by atoms with Crippen LogP contribution in [0.3, 0.4) is 0 Å². The van der Waals surface area contributed by atoms with Crippen molar-refractivity contribution < 1.29 is 8.42 Å². The predicted molar refractivity (Wildman–Crippen MR) is 88.3 cm³/mol. The lowest BCUT2D eigenvalue weighted by atomic mass is 10.1. The third-order valence-electron chi connectivity index (χ3n) is 4.21. The van der Waals surface area contributed by atoms with Crippen LogP contribution in [-0.2, 0) is 16.8 Å². The maximum absolute atomic E-state index is 11.3. The van der Waals surface area contributed by atoms with Crippen LogP contribution < -0.4 is 5.14 Å². The van der Waals surface area contributed by atoms with Crippen LogP contribution in [0, 0.1) is 6.92 Å². The van der Waals surface area contributed by atoms with Crippen LogP contribution in [0.4, 0.5) is 0 Å². The fraction of sp³-hybridized carbons (Fsp3) is 0.400. The largest absolute Gasteiger partial charge is 0.306 e. The molecule has 0 unspecified atom stereocenters. The molecule has 1 aromatic carbocycles. The Kier molecular flexibility index (Phi) is 4.49. The van der Waals surface area contributed by atoms with E-state index in [2.05, 4.69) is 35.0 Å². The van der Waals surface area contributed by atoms with Crippen molar-refractivity contribution in [3.63, 3.8) is 0 Å². The number of hydrogen-bond acceptors (Lipinski definition) is 4. The van der Waals surface area contributed by atoms with Crippen molar-refractivity contribution in [2.24, 2.45) is 5.14 Å². The van der Waals surface area contributed by atoms with Gasteiger partial charge in [0.2, 0.25) is 0 Å². The van der Waals surface area contributed by atoms with Crippen LogP contribution in [0.25, 0.3) is 5.69 Å². The highest BCUT2D eigenvalue weighted by atomic mass is 32.2. The van der Waals surface area contributed by atoms with Crippen molar-refractivity contribution in [2.45, 2.75) is 13.5 Å². The van der Waals surface area contributed by atoms with E-state index in [-0.39, 0.29) is 0 Å². The second-order valence-corrected chi connectivity index (χ2v) is 7.35. The van der Waals surface area contributed by atoms with E-state index < -0.39 is 10.2 Å². The first-order valence-electron chi connectivity index (χ1n) is 7.51. The molecular weight excluding hydrogens is 314 g/mol. The molecule has 1 aliphatic rings. The van der Waals surface area contributed by atoms with Gasteiger partial charge in [0, 0.05) is 50.8 Å². The smallest absolute Gasteiger partial charge is 0.276 e. The summed E-state index contributed by atoms with van der Waals surface area (Å²) in [5, 5.41) is 5.17. The molecule has 0 amide bonds. The summed E-state index contributed by atoms with van der Waals surface area (Å²) in [5.41, 5.74) is 3.55. The summed E-state index contributed by atoms with van der Waals surface area (Å²) in [6, 6.07) is 6.33. The zero-order valence-electron chi connectivity index (χ0n) is 13.1. The van der Waals surface area contributed by atoms with Crippen molar-refractivity contribution in [2.75, 3.05) is 26.2 Å². The molecule has 7 nitrogen and oxygen atoms in total. The third-order valence-corrected chi connectivity index (χ3v) is 5.30. The molecule has 8 heteroatoms. The molecule has 1 aliphatic heterocycles. The van der Waals surface area contributed by atoms with Gasteiger partial charge < -0.3 is 4.57 Å². The number of aryl methyl sites for hydroxylation is 1. The molecule has 1 fully saturated rings. The minimum Gasteiger partial charge on any atom is -0.306 e. The topological polar surface area (TPSA) is 84.5 Å². The number of imidazole rings is 1. The molecule has 0 saturated carbocycles. The van der Waals surface area contributed by atoms with E-state index in [1.54, 1.807) is 12.5 Å². The number of nitrogens with two attached hydrogens (primary N) is 1. The zero-order chi connectivity index (χ0) is 16.4. The maximum Gasteiger partial charge on any atom is 0.276 e. The summed E-state index contributed by atoms with van der Waals surface area (Å²) in [6.45, 7) is 5.19. The van der Waals surface area contributed by atoms with E-state index in [0.717, 1.165) is 12.2 Å². The van der Waals surface area contributed by atoms with Crippen molar-refractivity contribution in [1.82, 2.24) is 18.8 Å². The average molecular weight is 335 g/mol. The van der Waals surface area contributed by atoms with Gasteiger partial charge in [-0.1, -0.05) is 6.07 Å². The van der Waals surface area contributed by atoms with Gasteiger partial charge in [0.05, 0.1) is 6.33 Å². The summed E-state index contributed by atoms with van der Waals surface area (Å²) < 4.78 is 26.0. The van der Waals surface area contributed by atoms with Crippen molar-refractivity contribution in [1.29, 1.82) is 0 Å². The Balaban J connectivity index is 1.65. The highest BCUT2D eigenvalue weighted by Gasteiger charge is 2.23. The van der Waals surface area contributed by atoms with Gasteiger partial charge in [-0.05, 0) is 30.2 Å². The van der Waals surface area contributed by atoms with Crippen LogP contribution >= 0.6 is 0 Å². The summed E-state index contributed by atoms with van der Waals surface area (Å²) in [6.07, 6.45) is 5.45. The van der Waals surface area contributed by atoms with Gasteiger partial charge in [-0.15, -0.1) is 0 Å². The Hall–Kier alpha value is -1.74. The molecule has 0 bridgehead atoms. The van der Waals surface area contributed by atoms with E-state index in [1.165, 1.54) is 15.4 Å². The Morgan fingerprint density at radius 1 is 1.22 bits per heavy atom. The highest BCUT2D eigenvalue weighted by molar-refractivity contribution is 7.86. The fourth-order valence-corrected chi connectivity index (χ4v) is 3.49. The van der Waals surface area contributed by atoms with E-state index >= 15 is 0 Å². The standard InChI is InChI=1S/C15H21N5O2S/c1-13-10-15(19-5-4-17-12-19)3-2-14(13)11-18-6-8-20(9-7-18)23(16,21)22/h2-5,10,12H,6-9,11H2,1H3,(H2,16,21,22). The fourth-order valence-electron chi connectivity index (χ4n) is 2.81. The quantitative estimate of drug-likeness (QED) is 0.882. The first kappa shape index (κ1) is 16.1. The molecule has 0 radical (unpaired) electrons. The maximum atomic E-state index is 11.3. The lowest BCUT2D eigenvalue weighted by molar-refractivity contribution is 0.181. The summed E-state index contributed by atoms with van der Waals surface area (Å²) in [7, 11) is -3.56. The molecule has 2 aromatic rings. The first-order chi connectivity index (χ1) is 10.9. The van der Waals surface area contributed by atoms with Gasteiger partial charge in [0.25, 0.3) is 10.2 Å². The lowest BCUT2D eigenvalue weighted by Gasteiger charge is -2.33. The number of benzene rings is 1. The monoisotopic (exact) mass is 335 g/mol. The van der Waals surface area contributed by atoms with Crippen molar-refractivity contribution >= 4 is 10.2 Å². The lowest BCUT2D eigenvalue weighted by Crippen LogP contribution is -2.50. The van der Waals surface area contributed by atoms with Gasteiger partial charge in [-0.25, -0.2) is 10.1 Å². The highest BCUT2D eigenvalue weighted by Crippen LogP contribution is 2.17. The average Bonchev–Trinajstić information content (AvgIpc) is 3.03. The van der Waals surface area contributed by atoms with Crippen LogP contribution in [0.2, 0.25) is 0 Å². The zero-order valence-corrected chi connectivity index (χ0v) is 13.9. The minimum atomic E-state index is -3.56. The van der Waals surface area contributed by atoms with Gasteiger partial charge in [0.1, 0.15) is 0 Å². The number of rotatable bonds is 4. The SMILES string of the molecule is Cc1cc(-n2ccnc2)ccc1CN1CCN(S(N)(=O)=O)CC1. The van der Waals surface area contributed by atoms with Crippen molar-refractivity contribution in [3.8, 4) is 5.69 Å². The summed E-state index contributed by atoms with van der Waals surface area (Å²) >= 11 is 0. The minimum absolute atomic E-state index is 0.449. The molecule has 2 N–H and O–H groups in total. The third kappa shape index (κ3) is 3.78. The number of hydrogen-bond donors (Lipinski definition) is 1. The van der Waals surface area contributed by atoms with Crippen LogP contribution in [0.5, 0.6) is 0 Å². The molecule has 0 aliphatic carbocycles. The first-order valence-corrected chi connectivity index (χ1v) is 9.02. The second kappa shape index (κ2) is 6.40. The molecular formula is C15H21N5O2S. The molecule has 3 rings (SSSR count). The number of nitrogens with zero attached hydrogens (tertiary/aromatic N) is 4. The Morgan fingerprint density at radius 2 is 1.96 bits per heavy atom. The van der Waals surface area contributed by atoms with E-state index in [9.17, 15) is 8.42 Å². The normalized spacial score (nSPS) is 17.5. The molecule has 1 aromatic heterocycles. The molecule has 0 spiro atoms. The molecule has 23 heavy (non-hydrogen) atoms.